The van der Waals surface area contributed by atoms with Gasteiger partial charge in [-0.15, -0.1) is 11.3 Å². The Morgan fingerprint density at radius 3 is 2.49 bits per heavy atom. The lowest BCUT2D eigenvalue weighted by Gasteiger charge is -2.32. The van der Waals surface area contributed by atoms with Gasteiger partial charge in [0.15, 0.2) is 0 Å². The van der Waals surface area contributed by atoms with E-state index in [0.29, 0.717) is 16.9 Å². The molecule has 1 aromatic heterocycles. The Labute approximate surface area is 232 Å². The molecule has 0 aliphatic carbocycles. The van der Waals surface area contributed by atoms with E-state index in [1.165, 1.54) is 11.3 Å². The molecule has 0 bridgehead atoms. The van der Waals surface area contributed by atoms with E-state index in [1.807, 2.05) is 36.4 Å². The molecule has 0 unspecified atom stereocenters. The second-order valence-corrected chi connectivity index (χ2v) is 14.4. The third-order valence-electron chi connectivity index (χ3n) is 6.83. The first-order valence-electron chi connectivity index (χ1n) is 13.0. The average molecular weight is 578 g/mol. The first kappa shape index (κ1) is 29.5. The van der Waals surface area contributed by atoms with Gasteiger partial charge < -0.3 is 24.8 Å². The Hall–Kier alpha value is -2.50. The van der Waals surface area contributed by atoms with Crippen LogP contribution >= 0.6 is 18.5 Å². The van der Waals surface area contributed by atoms with Crippen molar-refractivity contribution in [1.82, 2.24) is 4.90 Å². The van der Waals surface area contributed by atoms with E-state index in [1.54, 1.807) is 26.5 Å². The Morgan fingerprint density at radius 1 is 1.13 bits per heavy atom. The van der Waals surface area contributed by atoms with Crippen molar-refractivity contribution in [1.29, 1.82) is 0 Å². The summed E-state index contributed by atoms with van der Waals surface area (Å²) in [6.07, 6.45) is -3.41. The number of piperidine rings is 1. The number of rotatable bonds is 9. The van der Waals surface area contributed by atoms with Gasteiger partial charge in [-0.3, -0.25) is 0 Å². The van der Waals surface area contributed by atoms with Crippen LogP contribution in [0.5, 0.6) is 0 Å². The summed E-state index contributed by atoms with van der Waals surface area (Å²) in [6.45, 7) is 7.26. The minimum atomic E-state index is -4.33. The van der Waals surface area contributed by atoms with Crippen LogP contribution in [0.4, 0.5) is 24.5 Å². The summed E-state index contributed by atoms with van der Waals surface area (Å²) < 4.78 is 58.8. The number of hydrogen-bond donors (Lipinski definition) is 2. The van der Waals surface area contributed by atoms with Crippen molar-refractivity contribution in [2.24, 2.45) is 0 Å². The molecule has 1 aliphatic rings. The highest BCUT2D eigenvalue weighted by atomic mass is 32.1. The Morgan fingerprint density at radius 2 is 1.85 bits per heavy atom. The van der Waals surface area contributed by atoms with Crippen LogP contribution in [0.1, 0.15) is 23.3 Å². The molecule has 0 radical (unpaired) electrons. The number of anilines is 2. The number of alkyl halides is 3. The average Bonchev–Trinajstić information content (AvgIpc) is 3.22. The molecule has 4 rings (SSSR count). The van der Waals surface area contributed by atoms with Gasteiger partial charge in [-0.05, 0) is 67.5 Å². The highest BCUT2D eigenvalue weighted by Crippen LogP contribution is 2.39. The zero-order valence-electron chi connectivity index (χ0n) is 22.5. The van der Waals surface area contributed by atoms with Crippen molar-refractivity contribution in [2.75, 3.05) is 63.9 Å². The third kappa shape index (κ3) is 8.25. The molecule has 0 atom stereocenters. The standard InChI is InChI=1S/C29H35F3N3O2PS/c1-37-19-18-35-16-13-22(14-17-35)34-26-7-4-6-24-25(20-29(30,31)32)27(39-28(24)26)8-5-15-33-21-9-11-23(12-10-21)38(2,3)36/h4,6-7,9-12,22,33-34H,13-20H2,1-3H3. The molecule has 5 nitrogen and oxygen atoms in total. The summed E-state index contributed by atoms with van der Waals surface area (Å²) >= 11 is 1.32. The number of ether oxygens (including phenoxy) is 1. The second kappa shape index (κ2) is 12.8. The van der Waals surface area contributed by atoms with Crippen LogP contribution in [-0.4, -0.2) is 70.3 Å². The number of thiophene rings is 1. The first-order chi connectivity index (χ1) is 18.5. The number of hydrogen-bond acceptors (Lipinski definition) is 6. The number of benzene rings is 2. The van der Waals surface area contributed by atoms with E-state index >= 15 is 0 Å². The minimum Gasteiger partial charge on any atom is -0.383 e. The molecule has 39 heavy (non-hydrogen) atoms. The summed E-state index contributed by atoms with van der Waals surface area (Å²) in [4.78, 5) is 2.82. The van der Waals surface area contributed by atoms with Gasteiger partial charge in [-0.25, -0.2) is 0 Å². The smallest absolute Gasteiger partial charge is 0.383 e. The van der Waals surface area contributed by atoms with Crippen molar-refractivity contribution >= 4 is 45.2 Å². The van der Waals surface area contributed by atoms with Gasteiger partial charge in [0, 0.05) is 43.8 Å². The van der Waals surface area contributed by atoms with E-state index in [4.69, 9.17) is 4.74 Å². The zero-order chi connectivity index (χ0) is 28.0. The lowest BCUT2D eigenvalue weighted by molar-refractivity contribution is -0.126. The van der Waals surface area contributed by atoms with Crippen molar-refractivity contribution in [2.45, 2.75) is 31.5 Å². The van der Waals surface area contributed by atoms with Crippen molar-refractivity contribution in [3.63, 3.8) is 0 Å². The number of nitrogens with one attached hydrogen (secondary N) is 2. The van der Waals surface area contributed by atoms with Crippen molar-refractivity contribution < 1.29 is 22.5 Å². The summed E-state index contributed by atoms with van der Waals surface area (Å²) in [5, 5.41) is 8.17. The Balaban J connectivity index is 1.50. The van der Waals surface area contributed by atoms with Gasteiger partial charge in [-0.2, -0.15) is 13.2 Å². The van der Waals surface area contributed by atoms with Gasteiger partial charge in [0.25, 0.3) is 0 Å². The molecule has 2 aromatic carbocycles. The van der Waals surface area contributed by atoms with Crippen LogP contribution in [0.25, 0.3) is 10.1 Å². The third-order valence-corrected chi connectivity index (χ3v) is 9.56. The zero-order valence-corrected chi connectivity index (χ0v) is 24.2. The van der Waals surface area contributed by atoms with Gasteiger partial charge >= 0.3 is 6.18 Å². The van der Waals surface area contributed by atoms with Gasteiger partial charge in [0.2, 0.25) is 0 Å². The fourth-order valence-electron chi connectivity index (χ4n) is 4.71. The number of halogens is 3. The topological polar surface area (TPSA) is 53.6 Å². The van der Waals surface area contributed by atoms with E-state index in [9.17, 15) is 17.7 Å². The predicted octanol–water partition coefficient (Wildman–Crippen LogP) is 6.24. The largest absolute Gasteiger partial charge is 0.393 e. The monoisotopic (exact) mass is 577 g/mol. The molecule has 2 heterocycles. The van der Waals surface area contributed by atoms with Crippen molar-refractivity contribution in [3.8, 4) is 11.8 Å². The number of fused-ring (bicyclic) bond motifs is 1. The molecule has 10 heteroatoms. The molecule has 0 saturated carbocycles. The summed E-state index contributed by atoms with van der Waals surface area (Å²) in [6, 6.07) is 13.1. The molecule has 210 valence electrons. The normalized spacial score (nSPS) is 15.2. The molecule has 1 fully saturated rings. The van der Waals surface area contributed by atoms with E-state index in [0.717, 1.165) is 53.9 Å². The van der Waals surface area contributed by atoms with Gasteiger partial charge in [0.1, 0.15) is 7.14 Å². The maximum atomic E-state index is 13.5. The lowest BCUT2D eigenvalue weighted by Crippen LogP contribution is -2.40. The quantitative estimate of drug-likeness (QED) is 0.233. The summed E-state index contributed by atoms with van der Waals surface area (Å²) in [5.74, 6) is 6.00. The second-order valence-electron chi connectivity index (χ2n) is 10.2. The van der Waals surface area contributed by atoms with Crippen LogP contribution in [0.3, 0.4) is 0 Å². The highest BCUT2D eigenvalue weighted by Gasteiger charge is 2.31. The molecule has 2 N–H and O–H groups in total. The first-order valence-corrected chi connectivity index (χ1v) is 16.4. The van der Waals surface area contributed by atoms with Crippen LogP contribution in [0.2, 0.25) is 0 Å². The van der Waals surface area contributed by atoms with Crippen molar-refractivity contribution in [3.05, 3.63) is 52.9 Å². The fourth-order valence-corrected chi connectivity index (χ4v) is 6.75. The van der Waals surface area contributed by atoms with Crippen LogP contribution in [0.15, 0.2) is 42.5 Å². The van der Waals surface area contributed by atoms with Gasteiger partial charge in [-0.1, -0.05) is 24.0 Å². The van der Waals surface area contributed by atoms with E-state index in [-0.39, 0.29) is 18.2 Å². The molecule has 0 spiro atoms. The van der Waals surface area contributed by atoms with Crippen LogP contribution in [-0.2, 0) is 15.7 Å². The van der Waals surface area contributed by atoms with Crippen LogP contribution in [0, 0.1) is 11.8 Å². The number of nitrogens with zero attached hydrogens (tertiary/aromatic N) is 1. The predicted molar refractivity (Wildman–Crippen MR) is 157 cm³/mol. The van der Waals surface area contributed by atoms with Crippen LogP contribution < -0.4 is 15.9 Å². The van der Waals surface area contributed by atoms with E-state index in [2.05, 4.69) is 27.4 Å². The number of likely N-dealkylation sites (tertiary alicyclic amines) is 1. The molecule has 3 aromatic rings. The molecule has 1 aliphatic heterocycles. The summed E-state index contributed by atoms with van der Waals surface area (Å²) in [7, 11) is -0.625. The molecule has 1 saturated heterocycles. The maximum Gasteiger partial charge on any atom is 0.393 e. The van der Waals surface area contributed by atoms with Gasteiger partial charge in [0.05, 0.1) is 34.8 Å². The molecule has 0 amide bonds. The Kier molecular flexibility index (Phi) is 9.66. The molecular weight excluding hydrogens is 542 g/mol. The van der Waals surface area contributed by atoms with E-state index < -0.39 is 19.7 Å². The maximum absolute atomic E-state index is 13.5. The lowest BCUT2D eigenvalue weighted by atomic mass is 10.0. The Bertz CT molecular complexity index is 1360. The fraction of sp³-hybridized carbons (Fsp3) is 0.448. The highest BCUT2D eigenvalue weighted by molar-refractivity contribution is 7.70. The minimum absolute atomic E-state index is 0.235. The summed E-state index contributed by atoms with van der Waals surface area (Å²) in [5.41, 5.74) is 1.92. The molecular formula is C29H35F3N3O2PS. The number of methoxy groups -OCH3 is 1. The SMILES string of the molecule is COCCN1CCC(Nc2cccc3c(CC(F)(F)F)c(C#CCNc4ccc(P(C)(C)=O)cc4)sc23)CC1.